The Morgan fingerprint density at radius 1 is 1.14 bits per heavy atom. The molecule has 0 bridgehead atoms. The standard InChI is InChI=1S/C24H32N4/c1-15(16-6-9-19(10-7-16)28(4)5)17-8-11-20-18(12-17)13-24(2,3)21-22(20)26-14-27-23(21)25/h8,11-12,14,16,19H,1,6-7,9-10,13H2,2-5H3,(H2,25,26,27). The third kappa shape index (κ3) is 3.24. The predicted octanol–water partition coefficient (Wildman–Crippen LogP) is 4.69. The number of benzene rings is 1. The van der Waals surface area contributed by atoms with Gasteiger partial charge in [-0.2, -0.15) is 0 Å². The summed E-state index contributed by atoms with van der Waals surface area (Å²) in [4.78, 5) is 11.2. The smallest absolute Gasteiger partial charge is 0.131 e. The monoisotopic (exact) mass is 376 g/mol. The van der Waals surface area contributed by atoms with Crippen LogP contribution in [0.15, 0.2) is 31.1 Å². The molecule has 0 radical (unpaired) electrons. The Labute approximate surface area is 168 Å². The molecule has 4 nitrogen and oxygen atoms in total. The fourth-order valence-corrected chi connectivity index (χ4v) is 5.18. The van der Waals surface area contributed by atoms with Crippen molar-refractivity contribution in [2.24, 2.45) is 5.92 Å². The number of aromatic nitrogens is 2. The van der Waals surface area contributed by atoms with E-state index in [1.807, 2.05) is 0 Å². The Morgan fingerprint density at radius 3 is 2.54 bits per heavy atom. The zero-order valence-electron chi connectivity index (χ0n) is 17.6. The molecule has 2 N–H and O–H groups in total. The van der Waals surface area contributed by atoms with Crippen LogP contribution in [0, 0.1) is 5.92 Å². The molecule has 2 aliphatic rings. The normalized spacial score (nSPS) is 23.2. The van der Waals surface area contributed by atoms with Crippen molar-refractivity contribution in [3.05, 3.63) is 47.8 Å². The molecule has 0 atom stereocenters. The quantitative estimate of drug-likeness (QED) is 0.844. The van der Waals surface area contributed by atoms with E-state index in [4.69, 9.17) is 5.73 Å². The van der Waals surface area contributed by atoms with Crippen LogP contribution >= 0.6 is 0 Å². The zero-order chi connectivity index (χ0) is 20.1. The summed E-state index contributed by atoms with van der Waals surface area (Å²) in [5.41, 5.74) is 13.3. The van der Waals surface area contributed by atoms with Crippen LogP contribution in [0.4, 0.5) is 5.82 Å². The first-order chi connectivity index (χ1) is 13.3. The Balaban J connectivity index is 1.63. The summed E-state index contributed by atoms with van der Waals surface area (Å²) in [7, 11) is 4.39. The van der Waals surface area contributed by atoms with E-state index < -0.39 is 0 Å². The van der Waals surface area contributed by atoms with E-state index in [9.17, 15) is 0 Å². The lowest BCUT2D eigenvalue weighted by Crippen LogP contribution is -2.32. The Kier molecular flexibility index (Phi) is 4.78. The number of anilines is 1. The average Bonchev–Trinajstić information content (AvgIpc) is 2.66. The lowest BCUT2D eigenvalue weighted by Gasteiger charge is -2.35. The molecule has 4 rings (SSSR count). The minimum absolute atomic E-state index is 0.0720. The molecular formula is C24H32N4. The Bertz CT molecular complexity index is 905. The third-order valence-electron chi connectivity index (χ3n) is 6.84. The van der Waals surface area contributed by atoms with Crippen LogP contribution in [-0.2, 0) is 11.8 Å². The summed E-state index contributed by atoms with van der Waals surface area (Å²) in [5, 5.41) is 0. The van der Waals surface area contributed by atoms with Crippen LogP contribution in [0.5, 0.6) is 0 Å². The van der Waals surface area contributed by atoms with E-state index >= 15 is 0 Å². The molecule has 1 saturated carbocycles. The van der Waals surface area contributed by atoms with Crippen LogP contribution in [0.1, 0.15) is 56.2 Å². The zero-order valence-corrected chi connectivity index (χ0v) is 17.6. The van der Waals surface area contributed by atoms with Gasteiger partial charge in [0.1, 0.15) is 12.1 Å². The minimum Gasteiger partial charge on any atom is -0.383 e. The molecular weight excluding hydrogens is 344 g/mol. The minimum atomic E-state index is -0.0720. The number of nitrogens with zero attached hydrogens (tertiary/aromatic N) is 3. The summed E-state index contributed by atoms with van der Waals surface area (Å²) in [5.74, 6) is 1.20. The van der Waals surface area contributed by atoms with Crippen molar-refractivity contribution in [1.29, 1.82) is 0 Å². The van der Waals surface area contributed by atoms with Gasteiger partial charge in [-0.15, -0.1) is 0 Å². The molecule has 2 aliphatic carbocycles. The number of nitrogen functional groups attached to an aromatic ring is 1. The number of fused-ring (bicyclic) bond motifs is 3. The van der Waals surface area contributed by atoms with Gasteiger partial charge in [0.25, 0.3) is 0 Å². The molecule has 4 heteroatoms. The van der Waals surface area contributed by atoms with Crippen molar-refractivity contribution in [1.82, 2.24) is 14.9 Å². The number of rotatable bonds is 3. The molecule has 0 unspecified atom stereocenters. The highest BCUT2D eigenvalue weighted by molar-refractivity contribution is 5.78. The lowest BCUT2D eigenvalue weighted by molar-refractivity contribution is 0.212. The van der Waals surface area contributed by atoms with Crippen LogP contribution < -0.4 is 5.73 Å². The van der Waals surface area contributed by atoms with E-state index in [1.54, 1.807) is 6.33 Å². The van der Waals surface area contributed by atoms with Crippen molar-refractivity contribution in [3.63, 3.8) is 0 Å². The molecule has 148 valence electrons. The fourth-order valence-electron chi connectivity index (χ4n) is 5.18. The van der Waals surface area contributed by atoms with Crippen LogP contribution in [0.2, 0.25) is 0 Å². The summed E-state index contributed by atoms with van der Waals surface area (Å²) in [6.07, 6.45) is 7.51. The average molecular weight is 377 g/mol. The van der Waals surface area contributed by atoms with E-state index in [0.717, 1.165) is 23.7 Å². The predicted molar refractivity (Wildman–Crippen MR) is 117 cm³/mol. The van der Waals surface area contributed by atoms with Crippen LogP contribution in [0.3, 0.4) is 0 Å². The van der Waals surface area contributed by atoms with Gasteiger partial charge < -0.3 is 10.6 Å². The highest BCUT2D eigenvalue weighted by Crippen LogP contribution is 2.45. The lowest BCUT2D eigenvalue weighted by atomic mass is 9.71. The summed E-state index contributed by atoms with van der Waals surface area (Å²) < 4.78 is 0. The highest BCUT2D eigenvalue weighted by Gasteiger charge is 2.34. The van der Waals surface area contributed by atoms with Gasteiger partial charge >= 0.3 is 0 Å². The molecule has 1 aromatic heterocycles. The second-order valence-corrected chi connectivity index (χ2v) is 9.41. The van der Waals surface area contributed by atoms with Gasteiger partial charge in [-0.05, 0) is 74.2 Å². The van der Waals surface area contributed by atoms with E-state index in [2.05, 4.69) is 67.6 Å². The molecule has 28 heavy (non-hydrogen) atoms. The maximum absolute atomic E-state index is 6.21. The van der Waals surface area contributed by atoms with Crippen LogP contribution in [0.25, 0.3) is 16.8 Å². The largest absolute Gasteiger partial charge is 0.383 e. The molecule has 1 heterocycles. The van der Waals surface area contributed by atoms with E-state index in [0.29, 0.717) is 11.7 Å². The van der Waals surface area contributed by atoms with Crippen molar-refractivity contribution >= 4 is 11.4 Å². The topological polar surface area (TPSA) is 55.0 Å². The number of allylic oxidation sites excluding steroid dienone is 1. The van der Waals surface area contributed by atoms with Crippen molar-refractivity contribution in [2.45, 2.75) is 57.4 Å². The molecule has 2 aromatic rings. The molecule has 0 saturated heterocycles. The first-order valence-corrected chi connectivity index (χ1v) is 10.4. The number of hydrogen-bond acceptors (Lipinski definition) is 4. The number of hydrogen-bond donors (Lipinski definition) is 1. The molecule has 1 aromatic carbocycles. The van der Waals surface area contributed by atoms with Gasteiger partial charge in [0.15, 0.2) is 0 Å². The Hall–Kier alpha value is -2.20. The SMILES string of the molecule is C=C(c1ccc2c(c1)CC(C)(C)c1c(N)ncnc1-2)C1CCC(N(C)C)CC1. The van der Waals surface area contributed by atoms with Crippen molar-refractivity contribution in [3.8, 4) is 11.3 Å². The van der Waals surface area contributed by atoms with Crippen molar-refractivity contribution < 1.29 is 0 Å². The van der Waals surface area contributed by atoms with Crippen molar-refractivity contribution in [2.75, 3.05) is 19.8 Å². The van der Waals surface area contributed by atoms with E-state index in [1.165, 1.54) is 47.9 Å². The van der Waals surface area contributed by atoms with E-state index in [-0.39, 0.29) is 5.41 Å². The van der Waals surface area contributed by atoms with Gasteiger partial charge in [0, 0.05) is 17.2 Å². The summed E-state index contributed by atoms with van der Waals surface area (Å²) in [6.45, 7) is 8.97. The third-order valence-corrected chi connectivity index (χ3v) is 6.84. The summed E-state index contributed by atoms with van der Waals surface area (Å²) >= 11 is 0. The molecule has 0 amide bonds. The van der Waals surface area contributed by atoms with Gasteiger partial charge in [0.05, 0.1) is 5.69 Å². The maximum Gasteiger partial charge on any atom is 0.131 e. The summed E-state index contributed by atoms with van der Waals surface area (Å²) in [6, 6.07) is 7.50. The van der Waals surface area contributed by atoms with Gasteiger partial charge in [-0.25, -0.2) is 9.97 Å². The van der Waals surface area contributed by atoms with Gasteiger partial charge in [0.2, 0.25) is 0 Å². The van der Waals surface area contributed by atoms with Gasteiger partial charge in [-0.1, -0.05) is 38.6 Å². The maximum atomic E-state index is 6.21. The first-order valence-electron chi connectivity index (χ1n) is 10.4. The molecule has 0 spiro atoms. The first kappa shape index (κ1) is 19.1. The molecule has 0 aliphatic heterocycles. The highest BCUT2D eigenvalue weighted by atomic mass is 15.1. The second-order valence-electron chi connectivity index (χ2n) is 9.41. The molecule has 1 fully saturated rings. The Morgan fingerprint density at radius 2 is 1.86 bits per heavy atom. The fraction of sp³-hybridized carbons (Fsp3) is 0.500. The van der Waals surface area contributed by atoms with Crippen LogP contribution in [-0.4, -0.2) is 35.0 Å². The second kappa shape index (κ2) is 7.00. The van der Waals surface area contributed by atoms with Gasteiger partial charge in [-0.3, -0.25) is 0 Å². The number of nitrogens with two attached hydrogens (primary N) is 1.